The Hall–Kier alpha value is -7.32. The Bertz CT molecular complexity index is 2380. The van der Waals surface area contributed by atoms with E-state index in [1.165, 1.54) is 0 Å². The van der Waals surface area contributed by atoms with Gasteiger partial charge < -0.3 is 20.4 Å². The highest BCUT2D eigenvalue weighted by Crippen LogP contribution is 2.40. The normalized spacial score (nSPS) is 15.3. The van der Waals surface area contributed by atoms with Crippen LogP contribution in [0.15, 0.2) is 202 Å². The highest BCUT2D eigenvalue weighted by atomic mass is 15.2. The van der Waals surface area contributed by atoms with Crippen LogP contribution in [0, 0.1) is 5.92 Å². The lowest BCUT2D eigenvalue weighted by atomic mass is 9.90. The second-order valence-electron chi connectivity index (χ2n) is 13.8. The number of hydrogen-bond donors (Lipinski definition) is 2. The standard InChI is InChI=1S/C49H42N8/c1-3-50-44-32-38(56(34-18-9-5-10-19-34)35-20-11-6-12-21-35)28-30-40(44)47-52-42-26-17-27-43-46(42)49(54-47)55-48(53-43)41-31-29-39(33-45(41)51-4-2)57(36-22-13-7-14-23-36)37-24-15-8-16-25-37/h5-33,46,50-51H,3-4H2,1-2H3. The predicted octanol–water partition coefficient (Wildman–Crippen LogP) is 11.6. The topological polar surface area (TPSA) is 80.0 Å². The van der Waals surface area contributed by atoms with Gasteiger partial charge in [0.15, 0.2) is 11.7 Å². The number of nitrogens with one attached hydrogen (secondary N) is 2. The van der Waals surface area contributed by atoms with Gasteiger partial charge in [-0.15, -0.1) is 0 Å². The van der Waals surface area contributed by atoms with Gasteiger partial charge in [0.1, 0.15) is 11.8 Å². The molecular weight excluding hydrogens is 701 g/mol. The van der Waals surface area contributed by atoms with Crippen LogP contribution in [0.1, 0.15) is 25.0 Å². The van der Waals surface area contributed by atoms with Gasteiger partial charge in [0.2, 0.25) is 0 Å². The van der Waals surface area contributed by atoms with E-state index in [0.717, 1.165) is 81.1 Å². The van der Waals surface area contributed by atoms with Crippen molar-refractivity contribution in [3.63, 3.8) is 0 Å². The number of allylic oxidation sites excluding steroid dienone is 3. The van der Waals surface area contributed by atoms with Crippen LogP contribution in [-0.2, 0) is 0 Å². The summed E-state index contributed by atoms with van der Waals surface area (Å²) in [5.74, 6) is 1.68. The van der Waals surface area contributed by atoms with Crippen molar-refractivity contribution in [1.82, 2.24) is 0 Å². The van der Waals surface area contributed by atoms with Gasteiger partial charge in [0, 0.05) is 69.7 Å². The molecule has 1 aliphatic carbocycles. The SMILES string of the molecule is CCNc1cc(N(c2ccccc2)c2ccccc2)ccc1C1=NC2=CC=CC3=NC(c4ccc(N(c5ccccc5)c5ccccc5)cc4NCC)=NC(=N1)C23. The number of amidine groups is 3. The van der Waals surface area contributed by atoms with Crippen molar-refractivity contribution >= 4 is 68.7 Å². The van der Waals surface area contributed by atoms with Gasteiger partial charge in [-0.1, -0.05) is 78.9 Å². The monoisotopic (exact) mass is 742 g/mol. The van der Waals surface area contributed by atoms with Crippen molar-refractivity contribution in [2.24, 2.45) is 25.9 Å². The van der Waals surface area contributed by atoms with E-state index in [-0.39, 0.29) is 5.92 Å². The molecule has 0 fully saturated rings. The molecular formula is C49H42N8. The number of aliphatic imine (C=N–C) groups is 4. The van der Waals surface area contributed by atoms with Crippen molar-refractivity contribution in [3.05, 3.63) is 193 Å². The lowest BCUT2D eigenvalue weighted by Crippen LogP contribution is -2.34. The number of anilines is 8. The lowest BCUT2D eigenvalue weighted by Gasteiger charge is -2.29. The molecule has 0 radical (unpaired) electrons. The van der Waals surface area contributed by atoms with Gasteiger partial charge in [-0.25, -0.2) is 20.0 Å². The maximum Gasteiger partial charge on any atom is 0.163 e. The van der Waals surface area contributed by atoms with E-state index in [2.05, 4.69) is 168 Å². The highest BCUT2D eigenvalue weighted by molar-refractivity contribution is 6.30. The van der Waals surface area contributed by atoms with Crippen LogP contribution in [0.3, 0.4) is 0 Å². The number of para-hydroxylation sites is 4. The zero-order valence-electron chi connectivity index (χ0n) is 31.9. The molecule has 2 N–H and O–H groups in total. The van der Waals surface area contributed by atoms with E-state index in [1.807, 2.05) is 42.5 Å². The Morgan fingerprint density at radius 2 is 0.912 bits per heavy atom. The first-order valence-electron chi connectivity index (χ1n) is 19.5. The summed E-state index contributed by atoms with van der Waals surface area (Å²) in [5, 5.41) is 7.22. The summed E-state index contributed by atoms with van der Waals surface area (Å²) in [6.45, 7) is 5.68. The van der Waals surface area contributed by atoms with E-state index in [0.29, 0.717) is 17.5 Å². The summed E-state index contributed by atoms with van der Waals surface area (Å²) < 4.78 is 0. The molecule has 0 spiro atoms. The molecule has 1 unspecified atom stereocenters. The van der Waals surface area contributed by atoms with Gasteiger partial charge in [-0.3, -0.25) is 0 Å². The zero-order chi connectivity index (χ0) is 38.6. The molecule has 0 amide bonds. The molecule has 6 aromatic rings. The average molecular weight is 743 g/mol. The van der Waals surface area contributed by atoms with Crippen LogP contribution in [0.2, 0.25) is 0 Å². The quantitative estimate of drug-likeness (QED) is 0.131. The Balaban J connectivity index is 1.11. The number of nitrogens with zero attached hydrogens (tertiary/aromatic N) is 6. The van der Waals surface area contributed by atoms with E-state index in [1.54, 1.807) is 0 Å². The first-order chi connectivity index (χ1) is 28.2. The molecule has 9 rings (SSSR count). The van der Waals surface area contributed by atoms with Gasteiger partial charge >= 0.3 is 0 Å². The van der Waals surface area contributed by atoms with Crippen LogP contribution in [0.25, 0.3) is 0 Å². The van der Waals surface area contributed by atoms with Crippen LogP contribution in [0.5, 0.6) is 0 Å². The fourth-order valence-corrected chi connectivity index (χ4v) is 7.57. The van der Waals surface area contributed by atoms with Gasteiger partial charge in [0.25, 0.3) is 0 Å². The van der Waals surface area contributed by atoms with E-state index < -0.39 is 0 Å². The number of rotatable bonds is 12. The number of hydrogen-bond acceptors (Lipinski definition) is 8. The molecule has 1 atom stereocenters. The largest absolute Gasteiger partial charge is 0.385 e. The van der Waals surface area contributed by atoms with Gasteiger partial charge in [0.05, 0.1) is 11.4 Å². The molecule has 3 aliphatic rings. The second kappa shape index (κ2) is 15.8. The molecule has 0 aromatic heterocycles. The van der Waals surface area contributed by atoms with Crippen molar-refractivity contribution in [3.8, 4) is 0 Å². The molecule has 57 heavy (non-hydrogen) atoms. The van der Waals surface area contributed by atoms with Crippen LogP contribution in [0.4, 0.5) is 45.5 Å². The Kier molecular flexibility index (Phi) is 9.81. The summed E-state index contributed by atoms with van der Waals surface area (Å²) in [5.41, 5.74) is 11.8. The Morgan fingerprint density at radius 3 is 1.35 bits per heavy atom. The van der Waals surface area contributed by atoms with Crippen molar-refractivity contribution < 1.29 is 0 Å². The van der Waals surface area contributed by atoms with Crippen LogP contribution in [-0.4, -0.2) is 36.3 Å². The molecule has 2 aliphatic heterocycles. The zero-order valence-corrected chi connectivity index (χ0v) is 31.9. The fraction of sp³-hybridized carbons (Fsp3) is 0.102. The minimum atomic E-state index is -0.232. The first-order valence-corrected chi connectivity index (χ1v) is 19.5. The highest BCUT2D eigenvalue weighted by Gasteiger charge is 2.35. The molecule has 0 saturated heterocycles. The summed E-state index contributed by atoms with van der Waals surface area (Å²) in [6, 6.07) is 54.6. The summed E-state index contributed by atoms with van der Waals surface area (Å²) in [7, 11) is 0. The predicted molar refractivity (Wildman–Crippen MR) is 239 cm³/mol. The van der Waals surface area contributed by atoms with Gasteiger partial charge in [-0.05, 0) is 111 Å². The fourth-order valence-electron chi connectivity index (χ4n) is 7.57. The first kappa shape index (κ1) is 35.4. The maximum atomic E-state index is 5.21. The van der Waals surface area contributed by atoms with E-state index >= 15 is 0 Å². The second-order valence-corrected chi connectivity index (χ2v) is 13.8. The van der Waals surface area contributed by atoms with Crippen LogP contribution < -0.4 is 20.4 Å². The molecule has 278 valence electrons. The Labute approximate surface area is 333 Å². The minimum Gasteiger partial charge on any atom is -0.385 e. The third-order valence-electron chi connectivity index (χ3n) is 10.1. The van der Waals surface area contributed by atoms with Crippen LogP contribution >= 0.6 is 0 Å². The average Bonchev–Trinajstić information content (AvgIpc) is 3.26. The summed E-state index contributed by atoms with van der Waals surface area (Å²) >= 11 is 0. The molecule has 0 saturated carbocycles. The van der Waals surface area contributed by atoms with Crippen molar-refractivity contribution in [2.75, 3.05) is 33.5 Å². The third-order valence-corrected chi connectivity index (χ3v) is 10.1. The molecule has 8 heteroatoms. The molecule has 8 nitrogen and oxygen atoms in total. The van der Waals surface area contributed by atoms with E-state index in [4.69, 9.17) is 20.0 Å². The Morgan fingerprint density at radius 1 is 0.474 bits per heavy atom. The van der Waals surface area contributed by atoms with E-state index in [9.17, 15) is 0 Å². The molecule has 0 bridgehead atoms. The van der Waals surface area contributed by atoms with Crippen molar-refractivity contribution in [1.29, 1.82) is 0 Å². The lowest BCUT2D eigenvalue weighted by molar-refractivity contribution is 0.990. The number of benzene rings is 6. The summed E-state index contributed by atoms with van der Waals surface area (Å²) in [6.07, 6.45) is 6.12. The van der Waals surface area contributed by atoms with Gasteiger partial charge in [-0.2, -0.15) is 0 Å². The summed E-state index contributed by atoms with van der Waals surface area (Å²) in [4.78, 5) is 25.2. The van der Waals surface area contributed by atoms with Crippen molar-refractivity contribution in [2.45, 2.75) is 13.8 Å². The minimum absolute atomic E-state index is 0.232. The molecule has 2 heterocycles. The third kappa shape index (κ3) is 7.05. The molecule has 6 aromatic carbocycles. The smallest absolute Gasteiger partial charge is 0.163 e. The maximum absolute atomic E-state index is 5.21.